The van der Waals surface area contributed by atoms with Crippen molar-refractivity contribution in [3.63, 3.8) is 0 Å². The Bertz CT molecular complexity index is 811. The minimum atomic E-state index is -0.238. The number of alkyl halides is 1. The van der Waals surface area contributed by atoms with Gasteiger partial charge in [0.15, 0.2) is 5.65 Å². The highest BCUT2D eigenvalue weighted by atomic mass is 35.5. The summed E-state index contributed by atoms with van der Waals surface area (Å²) in [6.45, 7) is 3.71. The maximum atomic E-state index is 13.9. The molecule has 0 N–H and O–H groups in total. The van der Waals surface area contributed by atoms with Crippen LogP contribution >= 0.6 is 11.6 Å². The van der Waals surface area contributed by atoms with Gasteiger partial charge in [-0.2, -0.15) is 0 Å². The van der Waals surface area contributed by atoms with Gasteiger partial charge in [-0.15, -0.1) is 11.6 Å². The van der Waals surface area contributed by atoms with Gasteiger partial charge < -0.3 is 0 Å². The highest BCUT2D eigenvalue weighted by Gasteiger charge is 2.14. The Hall–Kier alpha value is -1.94. The van der Waals surface area contributed by atoms with Crippen LogP contribution in [0.25, 0.3) is 16.9 Å². The monoisotopic (exact) mass is 303 g/mol. The molecule has 0 spiro atoms. The molecule has 0 fully saturated rings. The van der Waals surface area contributed by atoms with E-state index in [1.807, 2.05) is 23.6 Å². The molecule has 0 radical (unpaired) electrons. The van der Waals surface area contributed by atoms with E-state index in [1.54, 1.807) is 19.2 Å². The molecule has 0 amide bonds. The van der Waals surface area contributed by atoms with E-state index < -0.39 is 0 Å². The average Bonchev–Trinajstić information content (AvgIpc) is 2.79. The summed E-state index contributed by atoms with van der Waals surface area (Å²) in [4.78, 5) is 9.03. The molecule has 0 aliphatic heterocycles. The molecule has 0 aliphatic rings. The Kier molecular flexibility index (Phi) is 3.64. The van der Waals surface area contributed by atoms with Crippen LogP contribution in [0.3, 0.4) is 0 Å². The number of benzene rings is 1. The maximum Gasteiger partial charge on any atom is 0.164 e. The molecule has 5 heteroatoms. The van der Waals surface area contributed by atoms with Crippen LogP contribution < -0.4 is 0 Å². The number of rotatable bonds is 3. The van der Waals surface area contributed by atoms with Crippen LogP contribution in [-0.4, -0.2) is 20.4 Å². The molecule has 0 atom stereocenters. The molecule has 21 heavy (non-hydrogen) atoms. The Morgan fingerprint density at radius 3 is 2.76 bits per heavy atom. The molecule has 3 aromatic rings. The van der Waals surface area contributed by atoms with E-state index in [1.165, 1.54) is 6.07 Å². The van der Waals surface area contributed by atoms with Gasteiger partial charge in [0.1, 0.15) is 17.2 Å². The van der Waals surface area contributed by atoms with Gasteiger partial charge in [-0.3, -0.25) is 4.57 Å². The van der Waals surface area contributed by atoms with Crippen LogP contribution in [0.5, 0.6) is 0 Å². The molecule has 108 valence electrons. The second-order valence-electron chi connectivity index (χ2n) is 5.09. The van der Waals surface area contributed by atoms with Gasteiger partial charge in [-0.25, -0.2) is 14.4 Å². The van der Waals surface area contributed by atoms with Gasteiger partial charge in [0.25, 0.3) is 0 Å². The highest BCUT2D eigenvalue weighted by molar-refractivity contribution is 6.17. The standard InChI is InChI=1S/C16H15ClFN3/c1-10-7-14-16(19-9-10)21(15(20-14)5-6-17)12-4-3-11(2)13(18)8-12/h3-4,7-9H,5-6H2,1-2H3. The second-order valence-corrected chi connectivity index (χ2v) is 5.47. The van der Waals surface area contributed by atoms with Gasteiger partial charge in [0.2, 0.25) is 0 Å². The molecule has 3 rings (SSSR count). The van der Waals surface area contributed by atoms with E-state index in [4.69, 9.17) is 11.6 Å². The Morgan fingerprint density at radius 1 is 1.24 bits per heavy atom. The minimum Gasteiger partial charge on any atom is -0.281 e. The van der Waals surface area contributed by atoms with Gasteiger partial charge in [-0.1, -0.05) is 6.07 Å². The van der Waals surface area contributed by atoms with Crippen molar-refractivity contribution in [2.45, 2.75) is 20.3 Å². The predicted molar refractivity (Wildman–Crippen MR) is 82.7 cm³/mol. The van der Waals surface area contributed by atoms with Crippen molar-refractivity contribution in [1.82, 2.24) is 14.5 Å². The van der Waals surface area contributed by atoms with Gasteiger partial charge in [-0.05, 0) is 43.2 Å². The third kappa shape index (κ3) is 2.51. The van der Waals surface area contributed by atoms with E-state index in [0.29, 0.717) is 17.9 Å². The molecule has 0 bridgehead atoms. The molecule has 3 nitrogen and oxygen atoms in total. The normalized spacial score (nSPS) is 11.2. The van der Waals surface area contributed by atoms with Gasteiger partial charge in [0.05, 0.1) is 5.69 Å². The lowest BCUT2D eigenvalue weighted by Crippen LogP contribution is -2.03. The number of pyridine rings is 1. The lowest BCUT2D eigenvalue weighted by Gasteiger charge is -2.09. The molecule has 2 aromatic heterocycles. The topological polar surface area (TPSA) is 30.7 Å². The molecule has 0 aliphatic carbocycles. The summed E-state index contributed by atoms with van der Waals surface area (Å²) in [5.41, 5.74) is 3.91. The average molecular weight is 304 g/mol. The summed E-state index contributed by atoms with van der Waals surface area (Å²) in [7, 11) is 0. The molecule has 0 saturated carbocycles. The number of aryl methyl sites for hydroxylation is 3. The van der Waals surface area contributed by atoms with E-state index in [-0.39, 0.29) is 5.82 Å². The van der Waals surface area contributed by atoms with Crippen LogP contribution in [0.2, 0.25) is 0 Å². The van der Waals surface area contributed by atoms with Gasteiger partial charge in [0, 0.05) is 18.5 Å². The number of hydrogen-bond acceptors (Lipinski definition) is 2. The first-order valence-corrected chi connectivity index (χ1v) is 7.30. The summed E-state index contributed by atoms with van der Waals surface area (Å²) in [6.07, 6.45) is 2.39. The van der Waals surface area contributed by atoms with E-state index in [0.717, 1.165) is 28.2 Å². The van der Waals surface area contributed by atoms with Gasteiger partial charge >= 0.3 is 0 Å². The Morgan fingerprint density at radius 2 is 2.05 bits per heavy atom. The smallest absolute Gasteiger partial charge is 0.164 e. The maximum absolute atomic E-state index is 13.9. The molecule has 0 saturated heterocycles. The number of hydrogen-bond donors (Lipinski definition) is 0. The zero-order chi connectivity index (χ0) is 15.0. The van der Waals surface area contributed by atoms with Crippen LogP contribution in [0.15, 0.2) is 30.5 Å². The SMILES string of the molecule is Cc1cnc2c(c1)nc(CCCl)n2-c1ccc(C)c(F)c1. The first-order chi connectivity index (χ1) is 10.1. The summed E-state index contributed by atoms with van der Waals surface area (Å²) >= 11 is 5.86. The zero-order valence-corrected chi connectivity index (χ0v) is 12.7. The fourth-order valence-corrected chi connectivity index (χ4v) is 2.53. The molecular formula is C16H15ClFN3. The van der Waals surface area contributed by atoms with Crippen LogP contribution in [-0.2, 0) is 6.42 Å². The Balaban J connectivity index is 2.27. The largest absolute Gasteiger partial charge is 0.281 e. The van der Waals surface area contributed by atoms with Crippen molar-refractivity contribution >= 4 is 22.8 Å². The highest BCUT2D eigenvalue weighted by Crippen LogP contribution is 2.22. The lowest BCUT2D eigenvalue weighted by molar-refractivity contribution is 0.617. The summed E-state index contributed by atoms with van der Waals surface area (Å²) in [6, 6.07) is 7.12. The molecular weight excluding hydrogens is 289 g/mol. The minimum absolute atomic E-state index is 0.238. The number of nitrogens with zero attached hydrogens (tertiary/aromatic N) is 3. The fraction of sp³-hybridized carbons (Fsp3) is 0.250. The van der Waals surface area contributed by atoms with Crippen LogP contribution in [0, 0.1) is 19.7 Å². The quantitative estimate of drug-likeness (QED) is 0.686. The predicted octanol–water partition coefficient (Wildman–Crippen LogP) is 3.96. The van der Waals surface area contributed by atoms with Crippen molar-refractivity contribution < 1.29 is 4.39 Å². The third-order valence-electron chi connectivity index (χ3n) is 3.44. The zero-order valence-electron chi connectivity index (χ0n) is 11.9. The molecule has 0 unspecified atom stereocenters. The van der Waals surface area contributed by atoms with Crippen molar-refractivity contribution in [3.05, 3.63) is 53.2 Å². The van der Waals surface area contributed by atoms with Crippen molar-refractivity contribution in [1.29, 1.82) is 0 Å². The first kappa shape index (κ1) is 14.0. The van der Waals surface area contributed by atoms with E-state index in [2.05, 4.69) is 9.97 Å². The summed E-state index contributed by atoms with van der Waals surface area (Å²) in [5, 5.41) is 0. The van der Waals surface area contributed by atoms with Crippen molar-refractivity contribution in [2.75, 3.05) is 5.88 Å². The number of aromatic nitrogens is 3. The summed E-state index contributed by atoms with van der Waals surface area (Å²) < 4.78 is 15.7. The van der Waals surface area contributed by atoms with Crippen LogP contribution in [0.1, 0.15) is 17.0 Å². The van der Waals surface area contributed by atoms with E-state index in [9.17, 15) is 4.39 Å². The molecule has 2 heterocycles. The van der Waals surface area contributed by atoms with Crippen molar-refractivity contribution in [3.8, 4) is 5.69 Å². The Labute approximate surface area is 127 Å². The number of fused-ring (bicyclic) bond motifs is 1. The number of halogens is 2. The number of imidazole rings is 1. The van der Waals surface area contributed by atoms with Crippen molar-refractivity contribution in [2.24, 2.45) is 0 Å². The lowest BCUT2D eigenvalue weighted by atomic mass is 10.2. The van der Waals surface area contributed by atoms with Crippen LogP contribution in [0.4, 0.5) is 4.39 Å². The molecule has 1 aromatic carbocycles. The first-order valence-electron chi connectivity index (χ1n) is 6.76. The second kappa shape index (κ2) is 5.45. The summed E-state index contributed by atoms with van der Waals surface area (Å²) in [5.74, 6) is 1.01. The van der Waals surface area contributed by atoms with E-state index >= 15 is 0 Å². The third-order valence-corrected chi connectivity index (χ3v) is 3.62. The fourth-order valence-electron chi connectivity index (χ4n) is 2.36.